The quantitative estimate of drug-likeness (QED) is 0.793. The minimum absolute atomic E-state index is 0.183. The fourth-order valence-corrected chi connectivity index (χ4v) is 3.31. The van der Waals surface area contributed by atoms with Crippen LogP contribution < -0.4 is 5.32 Å². The predicted molar refractivity (Wildman–Crippen MR) is 79.4 cm³/mol. The zero-order valence-corrected chi connectivity index (χ0v) is 12.2. The Morgan fingerprint density at radius 1 is 1.30 bits per heavy atom. The van der Waals surface area contributed by atoms with Crippen LogP contribution in [0.5, 0.6) is 5.75 Å². The molecule has 0 amide bonds. The predicted octanol–water partition coefficient (Wildman–Crippen LogP) is 3.63. The van der Waals surface area contributed by atoms with Crippen molar-refractivity contribution in [1.82, 2.24) is 15.5 Å². The first-order chi connectivity index (χ1) is 9.66. The number of halogens is 2. The second-order valence-electron chi connectivity index (χ2n) is 5.05. The Balaban J connectivity index is 1.89. The third-order valence-corrected chi connectivity index (χ3v) is 4.66. The molecule has 1 aliphatic heterocycles. The molecule has 1 aliphatic rings. The van der Waals surface area contributed by atoms with Crippen LogP contribution >= 0.6 is 23.2 Å². The first-order valence-corrected chi connectivity index (χ1v) is 7.31. The van der Waals surface area contributed by atoms with Crippen molar-refractivity contribution in [3.63, 3.8) is 0 Å². The smallest absolute Gasteiger partial charge is 0.120 e. The second kappa shape index (κ2) is 5.64. The second-order valence-corrected chi connectivity index (χ2v) is 5.84. The molecule has 4 nitrogen and oxygen atoms in total. The molecule has 0 bridgehead atoms. The van der Waals surface area contributed by atoms with E-state index >= 15 is 0 Å². The van der Waals surface area contributed by atoms with Gasteiger partial charge in [0.2, 0.25) is 0 Å². The van der Waals surface area contributed by atoms with Gasteiger partial charge in [0, 0.05) is 23.4 Å². The van der Waals surface area contributed by atoms with Crippen molar-refractivity contribution in [1.29, 1.82) is 0 Å². The molecule has 3 rings (SSSR count). The van der Waals surface area contributed by atoms with Gasteiger partial charge in [0.15, 0.2) is 0 Å². The summed E-state index contributed by atoms with van der Waals surface area (Å²) in [6, 6.07) is 3.44. The SMILES string of the molecule is Oc1ccc(Cl)c(Cl)c1C1CCNC(c2cn[nH]c2)C1. The number of aromatic hydroxyl groups is 1. The first kappa shape index (κ1) is 13.7. The number of hydrogen-bond acceptors (Lipinski definition) is 3. The van der Waals surface area contributed by atoms with Gasteiger partial charge in [-0.3, -0.25) is 5.10 Å². The molecule has 0 aliphatic carbocycles. The number of rotatable bonds is 2. The van der Waals surface area contributed by atoms with Crippen LogP contribution in [0.3, 0.4) is 0 Å². The van der Waals surface area contributed by atoms with Gasteiger partial charge in [-0.2, -0.15) is 5.10 Å². The van der Waals surface area contributed by atoms with E-state index in [9.17, 15) is 5.11 Å². The molecule has 1 fully saturated rings. The van der Waals surface area contributed by atoms with Crippen molar-refractivity contribution >= 4 is 23.2 Å². The third-order valence-electron chi connectivity index (χ3n) is 3.84. The molecular formula is C14H15Cl2N3O. The summed E-state index contributed by atoms with van der Waals surface area (Å²) in [4.78, 5) is 0. The largest absolute Gasteiger partial charge is 0.508 e. The van der Waals surface area contributed by atoms with E-state index in [1.807, 2.05) is 12.4 Å². The van der Waals surface area contributed by atoms with Gasteiger partial charge in [0.25, 0.3) is 0 Å². The third kappa shape index (κ3) is 2.51. The van der Waals surface area contributed by atoms with Crippen LogP contribution in [0.25, 0.3) is 0 Å². The lowest BCUT2D eigenvalue weighted by atomic mass is 9.84. The summed E-state index contributed by atoms with van der Waals surface area (Å²) >= 11 is 12.3. The Labute approximate surface area is 127 Å². The Hall–Kier alpha value is -1.23. The molecule has 3 N–H and O–H groups in total. The maximum Gasteiger partial charge on any atom is 0.120 e. The molecule has 0 spiro atoms. The van der Waals surface area contributed by atoms with Crippen LogP contribution in [0.1, 0.15) is 35.9 Å². The lowest BCUT2D eigenvalue weighted by Crippen LogP contribution is -2.30. The standard InChI is InChI=1S/C14H15Cl2N3O/c15-10-1-2-12(20)13(14(10)16)8-3-4-17-11(5-8)9-6-18-19-7-9/h1-2,6-8,11,17,20H,3-5H2,(H,18,19). The van der Waals surface area contributed by atoms with Crippen LogP contribution in [-0.2, 0) is 0 Å². The molecule has 106 valence electrons. The van der Waals surface area contributed by atoms with Crippen molar-refractivity contribution in [3.05, 3.63) is 45.7 Å². The van der Waals surface area contributed by atoms with Crippen molar-refractivity contribution in [2.75, 3.05) is 6.54 Å². The van der Waals surface area contributed by atoms with Gasteiger partial charge in [-0.05, 0) is 37.4 Å². The van der Waals surface area contributed by atoms with Crippen LogP contribution in [0.4, 0.5) is 0 Å². The Bertz CT molecular complexity index is 601. The highest BCUT2D eigenvalue weighted by Gasteiger charge is 2.28. The molecule has 2 unspecified atom stereocenters. The number of aromatic nitrogens is 2. The average Bonchev–Trinajstić information content (AvgIpc) is 2.98. The fourth-order valence-electron chi connectivity index (χ4n) is 2.83. The summed E-state index contributed by atoms with van der Waals surface area (Å²) in [5.74, 6) is 0.402. The van der Waals surface area contributed by atoms with E-state index in [0.29, 0.717) is 10.0 Å². The molecule has 2 aromatic rings. The van der Waals surface area contributed by atoms with Crippen molar-refractivity contribution in [3.8, 4) is 5.75 Å². The van der Waals surface area contributed by atoms with Gasteiger partial charge in [-0.15, -0.1) is 0 Å². The number of piperidine rings is 1. The minimum atomic E-state index is 0.183. The number of H-pyrrole nitrogens is 1. The number of nitrogens with one attached hydrogen (secondary N) is 2. The number of aromatic amines is 1. The van der Waals surface area contributed by atoms with Crippen molar-refractivity contribution in [2.24, 2.45) is 0 Å². The van der Waals surface area contributed by atoms with Crippen LogP contribution in [0.15, 0.2) is 24.5 Å². The summed E-state index contributed by atoms with van der Waals surface area (Å²) in [5, 5.41) is 21.3. The lowest BCUT2D eigenvalue weighted by Gasteiger charge is -2.31. The van der Waals surface area contributed by atoms with Gasteiger partial charge in [0.05, 0.1) is 16.2 Å². The first-order valence-electron chi connectivity index (χ1n) is 6.55. The number of benzene rings is 1. The topological polar surface area (TPSA) is 60.9 Å². The molecule has 2 heterocycles. The Morgan fingerprint density at radius 3 is 2.90 bits per heavy atom. The van der Waals surface area contributed by atoms with E-state index in [1.165, 1.54) is 0 Å². The molecule has 0 radical (unpaired) electrons. The summed E-state index contributed by atoms with van der Waals surface area (Å²) in [6.07, 6.45) is 5.48. The van der Waals surface area contributed by atoms with Gasteiger partial charge >= 0.3 is 0 Å². The summed E-state index contributed by atoms with van der Waals surface area (Å²) < 4.78 is 0. The number of hydrogen-bond donors (Lipinski definition) is 3. The Kier molecular flexibility index (Phi) is 3.87. The van der Waals surface area contributed by atoms with E-state index in [1.54, 1.807) is 12.1 Å². The minimum Gasteiger partial charge on any atom is -0.508 e. The zero-order valence-electron chi connectivity index (χ0n) is 10.7. The zero-order chi connectivity index (χ0) is 14.1. The molecule has 6 heteroatoms. The van der Waals surface area contributed by atoms with E-state index in [-0.39, 0.29) is 17.7 Å². The maximum absolute atomic E-state index is 10.1. The van der Waals surface area contributed by atoms with E-state index in [0.717, 1.165) is 30.5 Å². The molecule has 0 saturated carbocycles. The Morgan fingerprint density at radius 2 is 2.15 bits per heavy atom. The molecule has 1 aromatic carbocycles. The molecule has 1 aromatic heterocycles. The van der Waals surface area contributed by atoms with E-state index < -0.39 is 0 Å². The monoisotopic (exact) mass is 311 g/mol. The maximum atomic E-state index is 10.1. The van der Waals surface area contributed by atoms with Gasteiger partial charge < -0.3 is 10.4 Å². The van der Waals surface area contributed by atoms with Gasteiger partial charge in [0.1, 0.15) is 5.75 Å². The fraction of sp³-hybridized carbons (Fsp3) is 0.357. The highest BCUT2D eigenvalue weighted by Crippen LogP contribution is 2.43. The lowest BCUT2D eigenvalue weighted by molar-refractivity contribution is 0.360. The highest BCUT2D eigenvalue weighted by atomic mass is 35.5. The van der Waals surface area contributed by atoms with Gasteiger partial charge in [-0.25, -0.2) is 0 Å². The van der Waals surface area contributed by atoms with Crippen molar-refractivity contribution < 1.29 is 5.11 Å². The summed E-state index contributed by atoms with van der Waals surface area (Å²) in [5.41, 5.74) is 1.88. The van der Waals surface area contributed by atoms with Crippen LogP contribution in [-0.4, -0.2) is 21.8 Å². The van der Waals surface area contributed by atoms with Gasteiger partial charge in [-0.1, -0.05) is 23.2 Å². The average molecular weight is 312 g/mol. The molecule has 1 saturated heterocycles. The summed E-state index contributed by atoms with van der Waals surface area (Å²) in [7, 11) is 0. The molecular weight excluding hydrogens is 297 g/mol. The highest BCUT2D eigenvalue weighted by molar-refractivity contribution is 6.42. The van der Waals surface area contributed by atoms with E-state index in [4.69, 9.17) is 23.2 Å². The number of phenolic OH excluding ortho intramolecular Hbond substituents is 1. The van der Waals surface area contributed by atoms with E-state index in [2.05, 4.69) is 15.5 Å². The summed E-state index contributed by atoms with van der Waals surface area (Å²) in [6.45, 7) is 0.864. The van der Waals surface area contributed by atoms with Crippen molar-refractivity contribution in [2.45, 2.75) is 24.8 Å². The van der Waals surface area contributed by atoms with Crippen LogP contribution in [0.2, 0.25) is 10.0 Å². The number of phenols is 1. The van der Waals surface area contributed by atoms with Crippen LogP contribution in [0, 0.1) is 0 Å². The molecule has 20 heavy (non-hydrogen) atoms. The normalized spacial score (nSPS) is 22.9. The molecule has 2 atom stereocenters. The number of nitrogens with zero attached hydrogens (tertiary/aromatic N) is 1.